The van der Waals surface area contributed by atoms with Crippen molar-refractivity contribution >= 4 is 22.9 Å². The van der Waals surface area contributed by atoms with Gasteiger partial charge in [-0.05, 0) is 29.6 Å². The second-order valence-corrected chi connectivity index (χ2v) is 6.93. The minimum Gasteiger partial charge on any atom is -0.379 e. The lowest BCUT2D eigenvalue weighted by Crippen LogP contribution is -2.52. The molecule has 0 N–H and O–H groups in total. The molecular formula is C19H20N4O2S. The largest absolute Gasteiger partial charge is 0.379 e. The molecule has 26 heavy (non-hydrogen) atoms. The summed E-state index contributed by atoms with van der Waals surface area (Å²) in [5.74, 6) is -0.0149. The van der Waals surface area contributed by atoms with Crippen LogP contribution in [0.25, 0.3) is 10.6 Å². The van der Waals surface area contributed by atoms with Gasteiger partial charge in [0.15, 0.2) is 0 Å². The van der Waals surface area contributed by atoms with Crippen LogP contribution in [0.1, 0.15) is 0 Å². The van der Waals surface area contributed by atoms with Gasteiger partial charge in [-0.15, -0.1) is 11.3 Å². The number of carbonyl (C=O) groups is 1. The molecule has 0 atom stereocenters. The molecule has 0 bridgehead atoms. The molecule has 1 amide bonds. The third-order valence-electron chi connectivity index (χ3n) is 4.22. The Morgan fingerprint density at radius 2 is 1.92 bits per heavy atom. The van der Waals surface area contributed by atoms with Crippen molar-refractivity contribution in [2.24, 2.45) is 0 Å². The molecule has 1 aromatic carbocycles. The molecule has 0 aliphatic carbocycles. The van der Waals surface area contributed by atoms with Crippen LogP contribution < -0.4 is 5.01 Å². The van der Waals surface area contributed by atoms with Gasteiger partial charge in [-0.3, -0.25) is 9.48 Å². The van der Waals surface area contributed by atoms with Gasteiger partial charge >= 0.3 is 0 Å². The molecule has 3 heterocycles. The zero-order valence-electron chi connectivity index (χ0n) is 14.3. The minimum absolute atomic E-state index is 0.0149. The number of carbonyl (C=O) groups excluding carboxylic acids is 1. The van der Waals surface area contributed by atoms with Gasteiger partial charge in [0.05, 0.1) is 23.8 Å². The summed E-state index contributed by atoms with van der Waals surface area (Å²) in [6.45, 7) is 2.83. The van der Waals surface area contributed by atoms with Crippen molar-refractivity contribution in [1.29, 1.82) is 0 Å². The first-order chi connectivity index (χ1) is 12.8. The van der Waals surface area contributed by atoms with E-state index in [-0.39, 0.29) is 12.5 Å². The van der Waals surface area contributed by atoms with E-state index in [4.69, 9.17) is 4.74 Å². The molecule has 6 nitrogen and oxygen atoms in total. The molecule has 1 saturated heterocycles. The zero-order chi connectivity index (χ0) is 17.8. The first-order valence-electron chi connectivity index (χ1n) is 8.59. The average molecular weight is 368 g/mol. The average Bonchev–Trinajstić information content (AvgIpc) is 3.35. The first kappa shape index (κ1) is 17.0. The summed E-state index contributed by atoms with van der Waals surface area (Å²) >= 11 is 1.64. The quantitative estimate of drug-likeness (QED) is 0.695. The molecular weight excluding hydrogens is 348 g/mol. The van der Waals surface area contributed by atoms with Crippen LogP contribution >= 0.6 is 11.3 Å². The Labute approximate surface area is 156 Å². The predicted octanol–water partition coefficient (Wildman–Crippen LogP) is 2.89. The number of aromatic nitrogens is 2. The van der Waals surface area contributed by atoms with Crippen molar-refractivity contribution in [2.75, 3.05) is 31.3 Å². The molecule has 4 rings (SSSR count). The van der Waals surface area contributed by atoms with E-state index in [0.29, 0.717) is 26.3 Å². The van der Waals surface area contributed by atoms with Gasteiger partial charge in [0.25, 0.3) is 5.91 Å². The number of anilines is 1. The van der Waals surface area contributed by atoms with Crippen molar-refractivity contribution in [1.82, 2.24) is 14.8 Å². The van der Waals surface area contributed by atoms with Crippen molar-refractivity contribution < 1.29 is 9.53 Å². The summed E-state index contributed by atoms with van der Waals surface area (Å²) in [7, 11) is 0. The second-order valence-electron chi connectivity index (χ2n) is 5.98. The summed E-state index contributed by atoms with van der Waals surface area (Å²) < 4.78 is 7.13. The molecule has 1 aliphatic heterocycles. The lowest BCUT2D eigenvalue weighted by atomic mass is 10.3. The highest BCUT2D eigenvalue weighted by molar-refractivity contribution is 7.13. The maximum atomic E-state index is 13.1. The maximum Gasteiger partial charge on any atom is 0.263 e. The molecule has 134 valence electrons. The number of hydrogen-bond acceptors (Lipinski definition) is 5. The number of hydrogen-bond donors (Lipinski definition) is 0. The molecule has 0 spiro atoms. The Hall–Kier alpha value is -2.48. The first-order valence-corrected chi connectivity index (χ1v) is 9.47. The summed E-state index contributed by atoms with van der Waals surface area (Å²) in [5, 5.41) is 10.4. The number of benzene rings is 1. The lowest BCUT2D eigenvalue weighted by molar-refractivity contribution is -0.123. The van der Waals surface area contributed by atoms with Gasteiger partial charge in [0.1, 0.15) is 12.2 Å². The number of thiophene rings is 1. The fourth-order valence-corrected chi connectivity index (χ4v) is 3.69. The van der Waals surface area contributed by atoms with Crippen LogP contribution in [-0.4, -0.2) is 47.0 Å². The summed E-state index contributed by atoms with van der Waals surface area (Å²) in [4.78, 5) is 14.2. The van der Waals surface area contributed by atoms with E-state index in [1.807, 2.05) is 65.1 Å². The van der Waals surface area contributed by atoms with E-state index in [0.717, 1.165) is 16.3 Å². The molecule has 0 saturated carbocycles. The van der Waals surface area contributed by atoms with Crippen molar-refractivity contribution in [3.05, 3.63) is 60.1 Å². The maximum absolute atomic E-state index is 13.1. The van der Waals surface area contributed by atoms with E-state index in [2.05, 4.69) is 5.10 Å². The highest BCUT2D eigenvalue weighted by Crippen LogP contribution is 2.23. The van der Waals surface area contributed by atoms with Crippen LogP contribution in [0.4, 0.5) is 5.69 Å². The number of hydrazine groups is 1. The molecule has 3 aromatic rings. The zero-order valence-corrected chi connectivity index (χ0v) is 15.1. The summed E-state index contributed by atoms with van der Waals surface area (Å²) in [5.41, 5.74) is 1.76. The number of rotatable bonds is 5. The van der Waals surface area contributed by atoms with Gasteiger partial charge < -0.3 is 4.74 Å². The Balaban J connectivity index is 1.54. The third-order valence-corrected chi connectivity index (χ3v) is 5.11. The van der Waals surface area contributed by atoms with Crippen molar-refractivity contribution in [3.8, 4) is 10.6 Å². The van der Waals surface area contributed by atoms with Gasteiger partial charge in [-0.25, -0.2) is 10.0 Å². The topological polar surface area (TPSA) is 50.6 Å². The fourth-order valence-electron chi connectivity index (χ4n) is 3.00. The normalized spacial score (nSPS) is 15.1. The van der Waals surface area contributed by atoms with E-state index in [1.54, 1.807) is 21.0 Å². The fraction of sp³-hybridized carbons (Fsp3) is 0.263. The van der Waals surface area contributed by atoms with Crippen LogP contribution in [0.2, 0.25) is 0 Å². The monoisotopic (exact) mass is 368 g/mol. The number of amides is 1. The van der Waals surface area contributed by atoms with Crippen LogP contribution in [0.3, 0.4) is 0 Å². The molecule has 2 aromatic heterocycles. The number of para-hydroxylation sites is 1. The van der Waals surface area contributed by atoms with Crippen LogP contribution in [-0.2, 0) is 16.1 Å². The lowest BCUT2D eigenvalue weighted by Gasteiger charge is -2.37. The Bertz CT molecular complexity index is 842. The Kier molecular flexibility index (Phi) is 5.10. The highest BCUT2D eigenvalue weighted by Gasteiger charge is 2.25. The van der Waals surface area contributed by atoms with E-state index < -0.39 is 0 Å². The SMILES string of the molecule is O=C(Cn1ccc(-c2cccs2)n1)N(c1ccccc1)N1CCOCC1. The van der Waals surface area contributed by atoms with E-state index in [9.17, 15) is 4.79 Å². The minimum atomic E-state index is -0.0149. The van der Waals surface area contributed by atoms with Crippen molar-refractivity contribution in [3.63, 3.8) is 0 Å². The van der Waals surface area contributed by atoms with Crippen molar-refractivity contribution in [2.45, 2.75) is 6.54 Å². The van der Waals surface area contributed by atoms with Crippen LogP contribution in [0.5, 0.6) is 0 Å². The number of morpholine rings is 1. The van der Waals surface area contributed by atoms with Crippen LogP contribution in [0, 0.1) is 0 Å². The van der Waals surface area contributed by atoms with E-state index >= 15 is 0 Å². The van der Waals surface area contributed by atoms with Gasteiger partial charge in [-0.1, -0.05) is 24.3 Å². The van der Waals surface area contributed by atoms with Gasteiger partial charge in [-0.2, -0.15) is 5.10 Å². The summed E-state index contributed by atoms with van der Waals surface area (Å²) in [6.07, 6.45) is 1.86. The molecule has 1 fully saturated rings. The third kappa shape index (κ3) is 3.70. The highest BCUT2D eigenvalue weighted by atomic mass is 32.1. The standard InChI is InChI=1S/C19H20N4O2S/c24-19(15-21-9-8-17(20-21)18-7-4-14-26-18)23(16-5-2-1-3-6-16)22-10-12-25-13-11-22/h1-9,14H,10-13,15H2. The number of nitrogens with zero attached hydrogens (tertiary/aromatic N) is 4. The van der Waals surface area contributed by atoms with Crippen LogP contribution in [0.15, 0.2) is 60.1 Å². The predicted molar refractivity (Wildman–Crippen MR) is 102 cm³/mol. The molecule has 0 unspecified atom stereocenters. The second kappa shape index (κ2) is 7.82. The smallest absolute Gasteiger partial charge is 0.263 e. The van der Waals surface area contributed by atoms with Gasteiger partial charge in [0.2, 0.25) is 0 Å². The van der Waals surface area contributed by atoms with Gasteiger partial charge in [0, 0.05) is 19.3 Å². The molecule has 7 heteroatoms. The number of ether oxygens (including phenoxy) is 1. The van der Waals surface area contributed by atoms with E-state index in [1.165, 1.54) is 0 Å². The summed E-state index contributed by atoms with van der Waals surface area (Å²) in [6, 6.07) is 15.7. The molecule has 1 aliphatic rings. The Morgan fingerprint density at radius 1 is 1.12 bits per heavy atom. The molecule has 0 radical (unpaired) electrons. The Morgan fingerprint density at radius 3 is 2.65 bits per heavy atom.